The van der Waals surface area contributed by atoms with Gasteiger partial charge in [0, 0.05) is 6.42 Å². The maximum absolute atomic E-state index is 12.5. The fourth-order valence-electron chi connectivity index (χ4n) is 2.46. The molecule has 3 rings (SSSR count). The van der Waals surface area contributed by atoms with Crippen LogP contribution in [0, 0.1) is 0 Å². The number of carbonyl (C=O) groups is 2. The third-order valence-corrected chi connectivity index (χ3v) is 3.76. The molecule has 0 N–H and O–H groups in total. The third-order valence-electron chi connectivity index (χ3n) is 3.44. The Hall–Kier alpha value is -2.13. The van der Waals surface area contributed by atoms with Crippen LogP contribution in [0.1, 0.15) is 17.9 Å². The number of benzene rings is 2. The van der Waals surface area contributed by atoms with Gasteiger partial charge in [0.15, 0.2) is 0 Å². The summed E-state index contributed by atoms with van der Waals surface area (Å²) in [5.41, 5.74) is 1.32. The molecule has 2 aromatic rings. The SMILES string of the molecule is O=C1C[C@@H](c2ccccc2)C(=O)N1c1ccccc1Cl. The summed E-state index contributed by atoms with van der Waals surface area (Å²) in [5.74, 6) is -0.841. The van der Waals surface area contributed by atoms with Crippen LogP contribution in [0.2, 0.25) is 5.02 Å². The molecular formula is C16H12ClNO2. The number of amides is 2. The van der Waals surface area contributed by atoms with Crippen LogP contribution in [0.3, 0.4) is 0 Å². The molecule has 1 fully saturated rings. The van der Waals surface area contributed by atoms with Crippen molar-refractivity contribution in [3.63, 3.8) is 0 Å². The van der Waals surface area contributed by atoms with Crippen LogP contribution in [-0.4, -0.2) is 11.8 Å². The van der Waals surface area contributed by atoms with Crippen LogP contribution in [-0.2, 0) is 9.59 Å². The van der Waals surface area contributed by atoms with Crippen LogP contribution in [0.15, 0.2) is 54.6 Å². The zero-order chi connectivity index (χ0) is 14.1. The molecular weight excluding hydrogens is 274 g/mol. The molecule has 0 saturated carbocycles. The summed E-state index contributed by atoms with van der Waals surface area (Å²) in [7, 11) is 0. The molecule has 1 saturated heterocycles. The normalized spacial score (nSPS) is 18.6. The molecule has 20 heavy (non-hydrogen) atoms. The molecule has 3 nitrogen and oxygen atoms in total. The summed E-state index contributed by atoms with van der Waals surface area (Å²) in [5, 5.41) is 0.405. The Bertz CT molecular complexity index is 669. The Morgan fingerprint density at radius 1 is 0.950 bits per heavy atom. The number of rotatable bonds is 2. The molecule has 1 heterocycles. The van der Waals surface area contributed by atoms with Gasteiger partial charge >= 0.3 is 0 Å². The molecule has 0 unspecified atom stereocenters. The first-order valence-corrected chi connectivity index (χ1v) is 6.72. The highest BCUT2D eigenvalue weighted by Gasteiger charge is 2.40. The fraction of sp³-hybridized carbons (Fsp3) is 0.125. The second-order valence-corrected chi connectivity index (χ2v) is 5.09. The number of hydrogen-bond acceptors (Lipinski definition) is 2. The van der Waals surface area contributed by atoms with E-state index in [-0.39, 0.29) is 18.2 Å². The molecule has 2 aromatic carbocycles. The monoisotopic (exact) mass is 285 g/mol. The number of hydrogen-bond donors (Lipinski definition) is 0. The Balaban J connectivity index is 1.98. The van der Waals surface area contributed by atoms with Gasteiger partial charge < -0.3 is 0 Å². The van der Waals surface area contributed by atoms with Crippen LogP contribution in [0.5, 0.6) is 0 Å². The van der Waals surface area contributed by atoms with E-state index in [1.807, 2.05) is 30.3 Å². The molecule has 4 heteroatoms. The zero-order valence-electron chi connectivity index (χ0n) is 10.6. The number of halogens is 1. The molecule has 2 amide bonds. The van der Waals surface area contributed by atoms with E-state index < -0.39 is 5.92 Å². The molecule has 100 valence electrons. The van der Waals surface area contributed by atoms with Crippen LogP contribution in [0.25, 0.3) is 0 Å². The maximum Gasteiger partial charge on any atom is 0.241 e. The van der Waals surface area contributed by atoms with Gasteiger partial charge in [-0.15, -0.1) is 0 Å². The van der Waals surface area contributed by atoms with Crippen molar-refractivity contribution in [3.8, 4) is 0 Å². The summed E-state index contributed by atoms with van der Waals surface area (Å²) in [4.78, 5) is 25.9. The lowest BCUT2D eigenvalue weighted by Crippen LogP contribution is -2.30. The van der Waals surface area contributed by atoms with Gasteiger partial charge in [0.25, 0.3) is 0 Å². The summed E-state index contributed by atoms with van der Waals surface area (Å²) in [6, 6.07) is 16.2. The lowest BCUT2D eigenvalue weighted by atomic mass is 9.98. The van der Waals surface area contributed by atoms with E-state index in [1.165, 1.54) is 4.90 Å². The minimum Gasteiger partial charge on any atom is -0.274 e. The molecule has 0 spiro atoms. The zero-order valence-corrected chi connectivity index (χ0v) is 11.4. The smallest absolute Gasteiger partial charge is 0.241 e. The summed E-state index contributed by atoms with van der Waals surface area (Å²) < 4.78 is 0. The highest BCUT2D eigenvalue weighted by Crippen LogP contribution is 2.35. The van der Waals surface area contributed by atoms with Gasteiger partial charge in [-0.1, -0.05) is 54.1 Å². The minimum atomic E-state index is -0.417. The topological polar surface area (TPSA) is 37.4 Å². The standard InChI is InChI=1S/C16H12ClNO2/c17-13-8-4-5-9-14(13)18-15(19)10-12(16(18)20)11-6-2-1-3-7-11/h1-9,12H,10H2/t12-/m0/s1. The van der Waals surface area contributed by atoms with E-state index in [0.717, 1.165) is 5.56 Å². The van der Waals surface area contributed by atoms with Gasteiger partial charge in [0.2, 0.25) is 11.8 Å². The van der Waals surface area contributed by atoms with Gasteiger partial charge in [-0.2, -0.15) is 0 Å². The number of para-hydroxylation sites is 1. The van der Waals surface area contributed by atoms with Crippen molar-refractivity contribution in [3.05, 3.63) is 65.2 Å². The van der Waals surface area contributed by atoms with E-state index in [4.69, 9.17) is 11.6 Å². The van der Waals surface area contributed by atoms with Crippen molar-refractivity contribution < 1.29 is 9.59 Å². The van der Waals surface area contributed by atoms with Crippen molar-refractivity contribution in [1.82, 2.24) is 0 Å². The second-order valence-electron chi connectivity index (χ2n) is 4.69. The quantitative estimate of drug-likeness (QED) is 0.793. The Morgan fingerprint density at radius 3 is 2.30 bits per heavy atom. The summed E-state index contributed by atoms with van der Waals surface area (Å²) in [6.45, 7) is 0. The van der Waals surface area contributed by atoms with Gasteiger partial charge in [-0.05, 0) is 17.7 Å². The highest BCUT2D eigenvalue weighted by atomic mass is 35.5. The Morgan fingerprint density at radius 2 is 1.60 bits per heavy atom. The Kier molecular flexibility index (Phi) is 3.28. The van der Waals surface area contributed by atoms with Crippen molar-refractivity contribution >= 4 is 29.1 Å². The van der Waals surface area contributed by atoms with Gasteiger partial charge in [0.1, 0.15) is 0 Å². The first-order valence-electron chi connectivity index (χ1n) is 6.35. The second kappa shape index (κ2) is 5.10. The van der Waals surface area contributed by atoms with Gasteiger partial charge in [-0.3, -0.25) is 9.59 Å². The molecule has 0 radical (unpaired) electrons. The predicted molar refractivity (Wildman–Crippen MR) is 77.7 cm³/mol. The molecule has 0 bridgehead atoms. The summed E-state index contributed by atoms with van der Waals surface area (Å²) >= 11 is 6.08. The maximum atomic E-state index is 12.5. The van der Waals surface area contributed by atoms with Crippen LogP contribution >= 0.6 is 11.6 Å². The Labute approximate surface area is 121 Å². The fourth-order valence-corrected chi connectivity index (χ4v) is 2.68. The van der Waals surface area contributed by atoms with E-state index in [0.29, 0.717) is 10.7 Å². The average Bonchev–Trinajstić information content (AvgIpc) is 2.76. The van der Waals surface area contributed by atoms with Crippen molar-refractivity contribution in [2.45, 2.75) is 12.3 Å². The average molecular weight is 286 g/mol. The lowest BCUT2D eigenvalue weighted by molar-refractivity contribution is -0.121. The number of anilines is 1. The van der Waals surface area contributed by atoms with E-state index in [2.05, 4.69) is 0 Å². The summed E-state index contributed by atoms with van der Waals surface area (Å²) in [6.07, 6.45) is 0.189. The largest absolute Gasteiger partial charge is 0.274 e. The first kappa shape index (κ1) is 12.9. The van der Waals surface area contributed by atoms with E-state index in [1.54, 1.807) is 24.3 Å². The third kappa shape index (κ3) is 2.10. The van der Waals surface area contributed by atoms with E-state index in [9.17, 15) is 9.59 Å². The molecule has 1 aliphatic heterocycles. The minimum absolute atomic E-state index is 0.189. The predicted octanol–water partition coefficient (Wildman–Crippen LogP) is 3.39. The van der Waals surface area contributed by atoms with Gasteiger partial charge in [-0.25, -0.2) is 4.90 Å². The number of nitrogens with zero attached hydrogens (tertiary/aromatic N) is 1. The molecule has 1 aliphatic rings. The van der Waals surface area contributed by atoms with Crippen LogP contribution in [0.4, 0.5) is 5.69 Å². The highest BCUT2D eigenvalue weighted by molar-refractivity contribution is 6.36. The molecule has 0 aromatic heterocycles. The van der Waals surface area contributed by atoms with Gasteiger partial charge in [0.05, 0.1) is 16.6 Å². The van der Waals surface area contributed by atoms with Crippen LogP contribution < -0.4 is 4.90 Å². The van der Waals surface area contributed by atoms with Crippen molar-refractivity contribution in [1.29, 1.82) is 0 Å². The molecule has 0 aliphatic carbocycles. The molecule has 1 atom stereocenters. The number of imide groups is 1. The van der Waals surface area contributed by atoms with E-state index >= 15 is 0 Å². The lowest BCUT2D eigenvalue weighted by Gasteiger charge is -2.16. The number of carbonyl (C=O) groups excluding carboxylic acids is 2. The van der Waals surface area contributed by atoms with Crippen molar-refractivity contribution in [2.24, 2.45) is 0 Å². The van der Waals surface area contributed by atoms with Crippen molar-refractivity contribution in [2.75, 3.05) is 4.90 Å². The first-order chi connectivity index (χ1) is 9.68.